The van der Waals surface area contributed by atoms with Crippen LogP contribution in [0.2, 0.25) is 0 Å². The molecule has 2 rings (SSSR count). The second kappa shape index (κ2) is 7.94. The standard InChI is InChI=1S/C18H37N3/c1-5-10-19-16-8-9-18(2,3)15-17(16)20(4)13-14-21-11-6-7-12-21/h16-17,19H,5-15H2,1-4H3. The normalized spacial score (nSPS) is 30.1. The molecule has 0 aromatic carbocycles. The van der Waals surface area contributed by atoms with Crippen molar-refractivity contribution < 1.29 is 0 Å². The summed E-state index contributed by atoms with van der Waals surface area (Å²) < 4.78 is 0. The molecule has 1 saturated carbocycles. The first-order chi connectivity index (χ1) is 10.0. The van der Waals surface area contributed by atoms with Gasteiger partial charge in [0.05, 0.1) is 0 Å². The number of rotatable bonds is 7. The van der Waals surface area contributed by atoms with Gasteiger partial charge in [-0.3, -0.25) is 0 Å². The summed E-state index contributed by atoms with van der Waals surface area (Å²) in [7, 11) is 2.35. The van der Waals surface area contributed by atoms with Crippen molar-refractivity contribution in [2.45, 2.75) is 71.4 Å². The fourth-order valence-corrected chi connectivity index (χ4v) is 4.05. The largest absolute Gasteiger partial charge is 0.312 e. The van der Waals surface area contributed by atoms with E-state index in [0.717, 1.165) is 0 Å². The smallest absolute Gasteiger partial charge is 0.0251 e. The Hall–Kier alpha value is -0.120. The van der Waals surface area contributed by atoms with E-state index in [2.05, 4.69) is 42.9 Å². The zero-order valence-corrected chi connectivity index (χ0v) is 14.8. The first kappa shape index (κ1) is 17.2. The van der Waals surface area contributed by atoms with Gasteiger partial charge < -0.3 is 15.1 Å². The molecule has 124 valence electrons. The number of nitrogens with zero attached hydrogens (tertiary/aromatic N) is 2. The van der Waals surface area contributed by atoms with E-state index >= 15 is 0 Å². The summed E-state index contributed by atoms with van der Waals surface area (Å²) in [5, 5.41) is 3.81. The van der Waals surface area contributed by atoms with Crippen molar-refractivity contribution >= 4 is 0 Å². The maximum absolute atomic E-state index is 3.81. The molecule has 1 heterocycles. The highest BCUT2D eigenvalue weighted by Crippen LogP contribution is 2.37. The Labute approximate surface area is 132 Å². The van der Waals surface area contributed by atoms with Gasteiger partial charge in [0.1, 0.15) is 0 Å². The molecule has 2 fully saturated rings. The van der Waals surface area contributed by atoms with Gasteiger partial charge >= 0.3 is 0 Å². The molecule has 1 aliphatic carbocycles. The maximum Gasteiger partial charge on any atom is 0.0251 e. The monoisotopic (exact) mass is 295 g/mol. The van der Waals surface area contributed by atoms with E-state index in [1.165, 1.54) is 71.2 Å². The van der Waals surface area contributed by atoms with Gasteiger partial charge in [-0.05, 0) is 70.6 Å². The molecule has 0 bridgehead atoms. The van der Waals surface area contributed by atoms with Gasteiger partial charge in [0.2, 0.25) is 0 Å². The summed E-state index contributed by atoms with van der Waals surface area (Å²) >= 11 is 0. The minimum atomic E-state index is 0.511. The Morgan fingerprint density at radius 2 is 1.95 bits per heavy atom. The molecule has 1 N–H and O–H groups in total. The molecule has 0 spiro atoms. The van der Waals surface area contributed by atoms with Crippen LogP contribution < -0.4 is 5.32 Å². The van der Waals surface area contributed by atoms with E-state index in [-0.39, 0.29) is 0 Å². The average Bonchev–Trinajstić information content (AvgIpc) is 2.96. The molecule has 3 heteroatoms. The van der Waals surface area contributed by atoms with Gasteiger partial charge in [-0.1, -0.05) is 20.8 Å². The van der Waals surface area contributed by atoms with Crippen molar-refractivity contribution in [1.29, 1.82) is 0 Å². The Kier molecular flexibility index (Phi) is 6.51. The van der Waals surface area contributed by atoms with Crippen LogP contribution in [-0.4, -0.2) is 61.7 Å². The fourth-order valence-electron chi connectivity index (χ4n) is 4.05. The highest BCUT2D eigenvalue weighted by Gasteiger charge is 2.36. The molecule has 21 heavy (non-hydrogen) atoms. The zero-order valence-electron chi connectivity index (χ0n) is 14.8. The van der Waals surface area contributed by atoms with Crippen molar-refractivity contribution in [1.82, 2.24) is 15.1 Å². The van der Waals surface area contributed by atoms with Crippen LogP contribution in [0.15, 0.2) is 0 Å². The summed E-state index contributed by atoms with van der Waals surface area (Å²) in [6.07, 6.45) is 8.09. The third kappa shape index (κ3) is 5.22. The predicted octanol–water partition coefficient (Wildman–Crippen LogP) is 2.96. The zero-order chi connectivity index (χ0) is 15.3. The summed E-state index contributed by atoms with van der Waals surface area (Å²) in [6, 6.07) is 1.41. The van der Waals surface area contributed by atoms with E-state index in [9.17, 15) is 0 Å². The van der Waals surface area contributed by atoms with E-state index in [1.807, 2.05) is 0 Å². The van der Waals surface area contributed by atoms with Crippen LogP contribution >= 0.6 is 0 Å². The molecule has 1 saturated heterocycles. The highest BCUT2D eigenvalue weighted by molar-refractivity contribution is 4.94. The number of likely N-dealkylation sites (N-methyl/N-ethyl adjacent to an activating group) is 1. The molecular formula is C18H37N3. The molecule has 0 aromatic heterocycles. The van der Waals surface area contributed by atoms with Gasteiger partial charge in [0.25, 0.3) is 0 Å². The molecule has 2 aliphatic rings. The van der Waals surface area contributed by atoms with Gasteiger partial charge in [0, 0.05) is 25.2 Å². The van der Waals surface area contributed by atoms with E-state index in [4.69, 9.17) is 0 Å². The molecule has 1 aliphatic heterocycles. The molecule has 3 nitrogen and oxygen atoms in total. The highest BCUT2D eigenvalue weighted by atomic mass is 15.2. The quantitative estimate of drug-likeness (QED) is 0.779. The second-order valence-electron chi connectivity index (χ2n) is 8.06. The molecule has 2 atom stereocenters. The number of likely N-dealkylation sites (tertiary alicyclic amines) is 1. The molecule has 2 unspecified atom stereocenters. The summed E-state index contributed by atoms with van der Waals surface area (Å²) in [4.78, 5) is 5.28. The third-order valence-corrected chi connectivity index (χ3v) is 5.55. The number of nitrogens with one attached hydrogen (secondary N) is 1. The van der Waals surface area contributed by atoms with Gasteiger partial charge in [-0.15, -0.1) is 0 Å². The second-order valence-corrected chi connectivity index (χ2v) is 8.06. The summed E-state index contributed by atoms with van der Waals surface area (Å²) in [5.74, 6) is 0. The lowest BCUT2D eigenvalue weighted by Gasteiger charge is -2.45. The third-order valence-electron chi connectivity index (χ3n) is 5.55. The van der Waals surface area contributed by atoms with Gasteiger partial charge in [0.15, 0.2) is 0 Å². The van der Waals surface area contributed by atoms with Crippen molar-refractivity contribution in [2.24, 2.45) is 5.41 Å². The molecule has 0 aromatic rings. The minimum absolute atomic E-state index is 0.511. The lowest BCUT2D eigenvalue weighted by atomic mass is 9.72. The van der Waals surface area contributed by atoms with E-state index in [1.54, 1.807) is 0 Å². The van der Waals surface area contributed by atoms with E-state index in [0.29, 0.717) is 17.5 Å². The van der Waals surface area contributed by atoms with Gasteiger partial charge in [-0.25, -0.2) is 0 Å². The van der Waals surface area contributed by atoms with Crippen LogP contribution in [0, 0.1) is 5.41 Å². The Balaban J connectivity index is 1.86. The number of hydrogen-bond acceptors (Lipinski definition) is 3. The number of hydrogen-bond donors (Lipinski definition) is 1. The van der Waals surface area contributed by atoms with Gasteiger partial charge in [-0.2, -0.15) is 0 Å². The minimum Gasteiger partial charge on any atom is -0.312 e. The lowest BCUT2D eigenvalue weighted by molar-refractivity contribution is 0.0762. The first-order valence-corrected chi connectivity index (χ1v) is 9.18. The first-order valence-electron chi connectivity index (χ1n) is 9.18. The Bertz CT molecular complexity index is 297. The van der Waals surface area contributed by atoms with E-state index < -0.39 is 0 Å². The Morgan fingerprint density at radius 1 is 1.24 bits per heavy atom. The summed E-state index contributed by atoms with van der Waals surface area (Å²) in [6.45, 7) is 13.5. The van der Waals surface area contributed by atoms with Crippen LogP contribution in [-0.2, 0) is 0 Å². The van der Waals surface area contributed by atoms with Crippen LogP contribution in [0.25, 0.3) is 0 Å². The maximum atomic E-state index is 3.81. The van der Waals surface area contributed by atoms with Crippen LogP contribution in [0.1, 0.15) is 59.3 Å². The van der Waals surface area contributed by atoms with Crippen molar-refractivity contribution in [3.63, 3.8) is 0 Å². The average molecular weight is 296 g/mol. The summed E-state index contributed by atoms with van der Waals surface area (Å²) in [5.41, 5.74) is 0.511. The molecule has 0 radical (unpaired) electrons. The fraction of sp³-hybridized carbons (Fsp3) is 1.00. The van der Waals surface area contributed by atoms with Crippen LogP contribution in [0.3, 0.4) is 0 Å². The lowest BCUT2D eigenvalue weighted by Crippen LogP contribution is -2.54. The molecular weight excluding hydrogens is 258 g/mol. The predicted molar refractivity (Wildman–Crippen MR) is 91.8 cm³/mol. The van der Waals surface area contributed by atoms with Crippen LogP contribution in [0.4, 0.5) is 0 Å². The SMILES string of the molecule is CCCNC1CCC(C)(C)CC1N(C)CCN1CCCC1. The Morgan fingerprint density at radius 3 is 2.62 bits per heavy atom. The topological polar surface area (TPSA) is 18.5 Å². The van der Waals surface area contributed by atoms with Crippen LogP contribution in [0.5, 0.6) is 0 Å². The van der Waals surface area contributed by atoms with Crippen molar-refractivity contribution in [2.75, 3.05) is 39.8 Å². The molecule has 0 amide bonds. The van der Waals surface area contributed by atoms with Crippen molar-refractivity contribution in [3.8, 4) is 0 Å². The van der Waals surface area contributed by atoms with Crippen molar-refractivity contribution in [3.05, 3.63) is 0 Å².